The van der Waals surface area contributed by atoms with Gasteiger partial charge in [0, 0.05) is 12.6 Å². The first-order chi connectivity index (χ1) is 9.65. The van der Waals surface area contributed by atoms with Crippen LogP contribution in [0.4, 0.5) is 0 Å². The summed E-state index contributed by atoms with van der Waals surface area (Å²) in [7, 11) is 0. The van der Waals surface area contributed by atoms with Crippen molar-refractivity contribution in [3.05, 3.63) is 28.2 Å². The number of rotatable bonds is 5. The zero-order chi connectivity index (χ0) is 14.4. The van der Waals surface area contributed by atoms with E-state index in [1.165, 1.54) is 6.42 Å². The molecule has 1 amide bonds. The molecule has 1 fully saturated rings. The third-order valence-corrected chi connectivity index (χ3v) is 3.99. The number of piperidine rings is 1. The van der Waals surface area contributed by atoms with Gasteiger partial charge in [-0.05, 0) is 44.0 Å². The van der Waals surface area contributed by atoms with Crippen molar-refractivity contribution in [3.63, 3.8) is 0 Å². The van der Waals surface area contributed by atoms with E-state index in [2.05, 4.69) is 10.6 Å². The van der Waals surface area contributed by atoms with Gasteiger partial charge >= 0.3 is 0 Å². The molecule has 6 heteroatoms. The lowest BCUT2D eigenvalue weighted by Crippen LogP contribution is -2.39. The molecule has 1 aromatic rings. The molecule has 1 saturated heterocycles. The predicted octanol–water partition coefficient (Wildman–Crippen LogP) is 2.49. The van der Waals surface area contributed by atoms with Crippen molar-refractivity contribution in [3.8, 4) is 5.75 Å². The Morgan fingerprint density at radius 2 is 2.25 bits per heavy atom. The highest BCUT2D eigenvalue weighted by molar-refractivity contribution is 6.42. The SMILES string of the molecule is O=C(COc1ccc(Cl)c(Cl)c1)NCC1CCCNC1. The van der Waals surface area contributed by atoms with E-state index >= 15 is 0 Å². The third-order valence-electron chi connectivity index (χ3n) is 3.25. The van der Waals surface area contributed by atoms with Crippen molar-refractivity contribution < 1.29 is 9.53 Å². The van der Waals surface area contributed by atoms with Gasteiger partial charge in [-0.3, -0.25) is 4.79 Å². The van der Waals surface area contributed by atoms with Crippen LogP contribution in [0.5, 0.6) is 5.75 Å². The maximum Gasteiger partial charge on any atom is 0.257 e. The molecule has 20 heavy (non-hydrogen) atoms. The number of carbonyl (C=O) groups excluding carboxylic acids is 1. The Morgan fingerprint density at radius 1 is 1.40 bits per heavy atom. The van der Waals surface area contributed by atoms with Crippen LogP contribution < -0.4 is 15.4 Å². The van der Waals surface area contributed by atoms with Gasteiger partial charge in [0.25, 0.3) is 5.91 Å². The molecular formula is C14H18Cl2N2O2. The molecule has 2 rings (SSSR count). The van der Waals surface area contributed by atoms with Crippen LogP contribution in [0.2, 0.25) is 10.0 Å². The highest BCUT2D eigenvalue weighted by Gasteiger charge is 2.14. The molecule has 2 N–H and O–H groups in total. The van der Waals surface area contributed by atoms with Gasteiger partial charge in [-0.1, -0.05) is 23.2 Å². The summed E-state index contributed by atoms with van der Waals surface area (Å²) >= 11 is 11.7. The standard InChI is InChI=1S/C14H18Cl2N2O2/c15-12-4-3-11(6-13(12)16)20-9-14(19)18-8-10-2-1-5-17-7-10/h3-4,6,10,17H,1-2,5,7-9H2,(H,18,19). The molecule has 1 aliphatic rings. The van der Waals surface area contributed by atoms with Crippen molar-refractivity contribution in [2.24, 2.45) is 5.92 Å². The number of amides is 1. The van der Waals surface area contributed by atoms with Gasteiger partial charge in [0.1, 0.15) is 5.75 Å². The molecule has 0 bridgehead atoms. The molecule has 1 unspecified atom stereocenters. The van der Waals surface area contributed by atoms with Crippen LogP contribution in [0, 0.1) is 5.92 Å². The Balaban J connectivity index is 1.70. The summed E-state index contributed by atoms with van der Waals surface area (Å²) in [6, 6.07) is 4.93. The minimum atomic E-state index is -0.123. The van der Waals surface area contributed by atoms with Crippen LogP contribution in [0.15, 0.2) is 18.2 Å². The molecule has 1 aromatic carbocycles. The Hall–Kier alpha value is -0.970. The van der Waals surface area contributed by atoms with Crippen LogP contribution in [0.3, 0.4) is 0 Å². The van der Waals surface area contributed by atoms with Crippen molar-refractivity contribution in [2.45, 2.75) is 12.8 Å². The van der Waals surface area contributed by atoms with E-state index in [4.69, 9.17) is 27.9 Å². The molecule has 1 heterocycles. The van der Waals surface area contributed by atoms with E-state index in [-0.39, 0.29) is 12.5 Å². The van der Waals surface area contributed by atoms with Gasteiger partial charge in [0.05, 0.1) is 10.0 Å². The number of hydrogen-bond acceptors (Lipinski definition) is 3. The Labute approximate surface area is 128 Å². The number of hydrogen-bond donors (Lipinski definition) is 2. The second kappa shape index (κ2) is 7.72. The molecular weight excluding hydrogens is 299 g/mol. The zero-order valence-electron chi connectivity index (χ0n) is 11.1. The van der Waals surface area contributed by atoms with Gasteiger partial charge in [-0.25, -0.2) is 0 Å². The largest absolute Gasteiger partial charge is 0.484 e. The number of halogens is 2. The summed E-state index contributed by atoms with van der Waals surface area (Å²) in [6.07, 6.45) is 2.32. The van der Waals surface area contributed by atoms with Gasteiger partial charge in [-0.2, -0.15) is 0 Å². The maximum atomic E-state index is 11.7. The average Bonchev–Trinajstić information content (AvgIpc) is 2.47. The minimum absolute atomic E-state index is 0.0158. The number of ether oxygens (including phenoxy) is 1. The molecule has 110 valence electrons. The van der Waals surface area contributed by atoms with Crippen molar-refractivity contribution in [1.29, 1.82) is 0 Å². The summed E-state index contributed by atoms with van der Waals surface area (Å²) in [6.45, 7) is 2.72. The maximum absolute atomic E-state index is 11.7. The monoisotopic (exact) mass is 316 g/mol. The summed E-state index contributed by atoms with van der Waals surface area (Å²) in [5, 5.41) is 7.08. The highest BCUT2D eigenvalue weighted by Crippen LogP contribution is 2.26. The molecule has 0 radical (unpaired) electrons. The number of carbonyl (C=O) groups is 1. The lowest BCUT2D eigenvalue weighted by Gasteiger charge is -2.22. The molecule has 0 saturated carbocycles. The highest BCUT2D eigenvalue weighted by atomic mass is 35.5. The Morgan fingerprint density at radius 3 is 2.95 bits per heavy atom. The fraction of sp³-hybridized carbons (Fsp3) is 0.500. The molecule has 1 aliphatic heterocycles. The Kier molecular flexibility index (Phi) is 5.95. The lowest BCUT2D eigenvalue weighted by molar-refractivity contribution is -0.123. The summed E-state index contributed by atoms with van der Waals surface area (Å²) in [5.41, 5.74) is 0. The van der Waals surface area contributed by atoms with Crippen LogP contribution >= 0.6 is 23.2 Å². The quantitative estimate of drug-likeness (QED) is 0.877. The fourth-order valence-corrected chi connectivity index (χ4v) is 2.41. The summed E-state index contributed by atoms with van der Waals surface area (Å²) < 4.78 is 5.37. The lowest BCUT2D eigenvalue weighted by atomic mass is 10.00. The molecule has 4 nitrogen and oxygen atoms in total. The second-order valence-corrected chi connectivity index (χ2v) is 5.70. The topological polar surface area (TPSA) is 50.4 Å². The van der Waals surface area contributed by atoms with E-state index in [1.807, 2.05) is 0 Å². The van der Waals surface area contributed by atoms with E-state index < -0.39 is 0 Å². The van der Waals surface area contributed by atoms with Crippen LogP contribution in [-0.2, 0) is 4.79 Å². The number of nitrogens with one attached hydrogen (secondary N) is 2. The van der Waals surface area contributed by atoms with Crippen LogP contribution in [0.25, 0.3) is 0 Å². The van der Waals surface area contributed by atoms with Crippen molar-refractivity contribution >= 4 is 29.1 Å². The van der Waals surface area contributed by atoms with E-state index in [1.54, 1.807) is 18.2 Å². The zero-order valence-corrected chi connectivity index (χ0v) is 12.6. The molecule has 0 aliphatic carbocycles. The van der Waals surface area contributed by atoms with E-state index in [0.717, 1.165) is 19.5 Å². The van der Waals surface area contributed by atoms with Crippen LogP contribution in [-0.4, -0.2) is 32.1 Å². The summed E-state index contributed by atoms with van der Waals surface area (Å²) in [4.78, 5) is 11.7. The fourth-order valence-electron chi connectivity index (χ4n) is 2.12. The normalized spacial score (nSPS) is 18.6. The Bertz CT molecular complexity index is 462. The first-order valence-corrected chi connectivity index (χ1v) is 7.46. The van der Waals surface area contributed by atoms with E-state index in [0.29, 0.717) is 28.3 Å². The predicted molar refractivity (Wildman–Crippen MR) is 80.6 cm³/mol. The molecule has 0 aromatic heterocycles. The average molecular weight is 317 g/mol. The van der Waals surface area contributed by atoms with Crippen LogP contribution in [0.1, 0.15) is 12.8 Å². The molecule has 1 atom stereocenters. The minimum Gasteiger partial charge on any atom is -0.484 e. The van der Waals surface area contributed by atoms with Gasteiger partial charge < -0.3 is 15.4 Å². The van der Waals surface area contributed by atoms with E-state index in [9.17, 15) is 4.79 Å². The summed E-state index contributed by atoms with van der Waals surface area (Å²) in [5.74, 6) is 0.924. The first kappa shape index (κ1) is 15.4. The van der Waals surface area contributed by atoms with Gasteiger partial charge in [0.2, 0.25) is 0 Å². The van der Waals surface area contributed by atoms with Gasteiger partial charge in [-0.15, -0.1) is 0 Å². The van der Waals surface area contributed by atoms with Crippen molar-refractivity contribution in [1.82, 2.24) is 10.6 Å². The number of benzene rings is 1. The smallest absolute Gasteiger partial charge is 0.257 e. The molecule has 0 spiro atoms. The van der Waals surface area contributed by atoms with Crippen molar-refractivity contribution in [2.75, 3.05) is 26.2 Å². The third kappa shape index (κ3) is 4.85. The van der Waals surface area contributed by atoms with Gasteiger partial charge in [0.15, 0.2) is 6.61 Å². The second-order valence-electron chi connectivity index (χ2n) is 4.88. The first-order valence-electron chi connectivity index (χ1n) is 6.70.